The summed E-state index contributed by atoms with van der Waals surface area (Å²) in [5.41, 5.74) is 1.42. The molecule has 0 amide bonds. The molecule has 21 heavy (non-hydrogen) atoms. The van der Waals surface area contributed by atoms with Crippen LogP contribution in [0.5, 0.6) is 0 Å². The third-order valence-corrected chi connectivity index (χ3v) is 4.56. The van der Waals surface area contributed by atoms with Gasteiger partial charge in [0.1, 0.15) is 16.6 Å². The molecule has 0 spiro atoms. The maximum absolute atomic E-state index is 13.7. The van der Waals surface area contributed by atoms with Gasteiger partial charge >= 0.3 is 0 Å². The highest BCUT2D eigenvalue weighted by Crippen LogP contribution is 2.29. The molecule has 0 unspecified atom stereocenters. The van der Waals surface area contributed by atoms with Gasteiger partial charge in [0.15, 0.2) is 11.6 Å². The van der Waals surface area contributed by atoms with E-state index in [0.29, 0.717) is 24.5 Å². The van der Waals surface area contributed by atoms with Crippen molar-refractivity contribution in [3.05, 3.63) is 35.4 Å². The van der Waals surface area contributed by atoms with Crippen LogP contribution in [0, 0.1) is 24.1 Å². The van der Waals surface area contributed by atoms with Gasteiger partial charge in [-0.15, -0.1) is 0 Å². The van der Waals surface area contributed by atoms with Gasteiger partial charge in [0, 0.05) is 32.4 Å². The van der Waals surface area contributed by atoms with E-state index in [0.717, 1.165) is 23.8 Å². The Hall–Kier alpha value is -2.20. The van der Waals surface area contributed by atoms with E-state index >= 15 is 0 Å². The SMILES string of the molecule is Cc1nsc(N2CCN(c3ncccc3F)CC2)c1C#N. The highest BCUT2D eigenvalue weighted by molar-refractivity contribution is 7.10. The van der Waals surface area contributed by atoms with E-state index in [4.69, 9.17) is 0 Å². The summed E-state index contributed by atoms with van der Waals surface area (Å²) in [6.45, 7) is 4.65. The number of rotatable bonds is 2. The lowest BCUT2D eigenvalue weighted by atomic mass is 10.2. The average Bonchev–Trinajstić information content (AvgIpc) is 2.89. The Bertz CT molecular complexity index is 685. The Morgan fingerprint density at radius 2 is 2.00 bits per heavy atom. The van der Waals surface area contributed by atoms with Crippen molar-refractivity contribution in [2.24, 2.45) is 0 Å². The minimum Gasteiger partial charge on any atom is -0.358 e. The van der Waals surface area contributed by atoms with E-state index in [1.807, 2.05) is 11.8 Å². The fraction of sp³-hybridized carbons (Fsp3) is 0.357. The molecule has 0 N–H and O–H groups in total. The number of piperazine rings is 1. The third-order valence-electron chi connectivity index (χ3n) is 3.56. The van der Waals surface area contributed by atoms with Gasteiger partial charge < -0.3 is 9.80 Å². The van der Waals surface area contributed by atoms with Crippen molar-refractivity contribution in [3.63, 3.8) is 0 Å². The van der Waals surface area contributed by atoms with Gasteiger partial charge in [0.25, 0.3) is 0 Å². The molecule has 7 heteroatoms. The predicted molar refractivity (Wildman–Crippen MR) is 80.2 cm³/mol. The summed E-state index contributed by atoms with van der Waals surface area (Å²) >= 11 is 1.35. The number of nitrogens with zero attached hydrogens (tertiary/aromatic N) is 5. The Labute approximate surface area is 126 Å². The fourth-order valence-corrected chi connectivity index (χ4v) is 3.33. The van der Waals surface area contributed by atoms with Gasteiger partial charge in [-0.1, -0.05) is 0 Å². The zero-order valence-electron chi connectivity index (χ0n) is 11.6. The topological polar surface area (TPSA) is 56.1 Å². The Kier molecular flexibility index (Phi) is 3.71. The number of anilines is 2. The minimum atomic E-state index is -0.294. The van der Waals surface area contributed by atoms with Gasteiger partial charge in [-0.3, -0.25) is 0 Å². The van der Waals surface area contributed by atoms with Crippen LogP contribution in [0.1, 0.15) is 11.3 Å². The Morgan fingerprint density at radius 3 is 2.67 bits per heavy atom. The molecular formula is C14H14FN5S. The maximum atomic E-state index is 13.7. The lowest BCUT2D eigenvalue weighted by Gasteiger charge is -2.35. The highest BCUT2D eigenvalue weighted by Gasteiger charge is 2.24. The van der Waals surface area contributed by atoms with Crippen molar-refractivity contribution in [2.75, 3.05) is 36.0 Å². The standard InChI is InChI=1S/C14H14FN5S/c1-10-11(9-16)14(21-18-10)20-7-5-19(6-8-20)13-12(15)3-2-4-17-13/h2-4H,5-8H2,1H3. The molecule has 2 aromatic rings. The van der Waals surface area contributed by atoms with Gasteiger partial charge in [-0.25, -0.2) is 9.37 Å². The molecule has 0 atom stereocenters. The Balaban J connectivity index is 1.74. The number of aryl methyl sites for hydroxylation is 1. The van der Waals surface area contributed by atoms with E-state index in [-0.39, 0.29) is 5.82 Å². The molecule has 0 bridgehead atoms. The number of aromatic nitrogens is 2. The van der Waals surface area contributed by atoms with Gasteiger partial charge in [0.05, 0.1) is 5.69 Å². The summed E-state index contributed by atoms with van der Waals surface area (Å²) in [6, 6.07) is 5.23. The van der Waals surface area contributed by atoms with Gasteiger partial charge in [-0.2, -0.15) is 9.64 Å². The molecule has 0 aromatic carbocycles. The molecular weight excluding hydrogens is 289 g/mol. The second kappa shape index (κ2) is 5.66. The van der Waals surface area contributed by atoms with Crippen LogP contribution in [-0.4, -0.2) is 35.5 Å². The molecule has 0 aliphatic carbocycles. The van der Waals surface area contributed by atoms with Crippen LogP contribution in [0.3, 0.4) is 0 Å². The van der Waals surface area contributed by atoms with Crippen LogP contribution in [-0.2, 0) is 0 Å². The second-order valence-electron chi connectivity index (χ2n) is 4.84. The fourth-order valence-electron chi connectivity index (χ4n) is 2.43. The van der Waals surface area contributed by atoms with Crippen LogP contribution >= 0.6 is 11.5 Å². The first-order valence-electron chi connectivity index (χ1n) is 6.67. The second-order valence-corrected chi connectivity index (χ2v) is 5.59. The zero-order valence-corrected chi connectivity index (χ0v) is 12.4. The predicted octanol–water partition coefficient (Wildman–Crippen LogP) is 2.18. The van der Waals surface area contributed by atoms with Gasteiger partial charge in [-0.05, 0) is 30.6 Å². The lowest BCUT2D eigenvalue weighted by Crippen LogP contribution is -2.47. The average molecular weight is 303 g/mol. The number of pyridine rings is 1. The molecule has 1 aliphatic heterocycles. The van der Waals surface area contributed by atoms with Crippen molar-refractivity contribution < 1.29 is 4.39 Å². The Morgan fingerprint density at radius 1 is 1.29 bits per heavy atom. The van der Waals surface area contributed by atoms with Crippen molar-refractivity contribution in [2.45, 2.75) is 6.92 Å². The third kappa shape index (κ3) is 2.54. The first-order valence-corrected chi connectivity index (χ1v) is 7.45. The first-order chi connectivity index (χ1) is 10.2. The van der Waals surface area contributed by atoms with Gasteiger partial charge in [0.2, 0.25) is 0 Å². The molecule has 2 aromatic heterocycles. The maximum Gasteiger partial charge on any atom is 0.165 e. The smallest absolute Gasteiger partial charge is 0.165 e. The number of nitriles is 1. The largest absolute Gasteiger partial charge is 0.358 e. The summed E-state index contributed by atoms with van der Waals surface area (Å²) < 4.78 is 18.0. The van der Waals surface area contributed by atoms with Crippen LogP contribution in [0.15, 0.2) is 18.3 Å². The minimum absolute atomic E-state index is 0.294. The molecule has 0 radical (unpaired) electrons. The molecule has 0 saturated carbocycles. The highest BCUT2D eigenvalue weighted by atomic mass is 32.1. The summed E-state index contributed by atoms with van der Waals surface area (Å²) in [6.07, 6.45) is 1.60. The molecule has 3 rings (SSSR count). The van der Waals surface area contributed by atoms with Crippen LogP contribution < -0.4 is 9.80 Å². The van der Waals surface area contributed by atoms with E-state index in [1.54, 1.807) is 12.3 Å². The zero-order chi connectivity index (χ0) is 14.8. The molecule has 1 saturated heterocycles. The summed E-state index contributed by atoms with van der Waals surface area (Å²) in [7, 11) is 0. The van der Waals surface area contributed by atoms with Crippen LogP contribution in [0.25, 0.3) is 0 Å². The summed E-state index contributed by atoms with van der Waals surface area (Å²) in [4.78, 5) is 8.18. The number of hydrogen-bond acceptors (Lipinski definition) is 6. The molecule has 1 aliphatic rings. The lowest BCUT2D eigenvalue weighted by molar-refractivity contribution is 0.589. The summed E-state index contributed by atoms with van der Waals surface area (Å²) in [5, 5.41) is 10.1. The van der Waals surface area contributed by atoms with Crippen LogP contribution in [0.2, 0.25) is 0 Å². The monoisotopic (exact) mass is 303 g/mol. The normalized spacial score (nSPS) is 15.1. The molecule has 3 heterocycles. The van der Waals surface area contributed by atoms with Crippen molar-refractivity contribution in [3.8, 4) is 6.07 Å². The number of hydrogen-bond donors (Lipinski definition) is 0. The van der Waals surface area contributed by atoms with Crippen molar-refractivity contribution in [1.82, 2.24) is 9.36 Å². The molecule has 1 fully saturated rings. The molecule has 108 valence electrons. The van der Waals surface area contributed by atoms with Crippen LogP contribution in [0.4, 0.5) is 15.2 Å². The quantitative estimate of drug-likeness (QED) is 0.851. The van der Waals surface area contributed by atoms with E-state index in [9.17, 15) is 9.65 Å². The van der Waals surface area contributed by atoms with E-state index < -0.39 is 0 Å². The first kappa shape index (κ1) is 13.8. The molecule has 5 nitrogen and oxygen atoms in total. The van der Waals surface area contributed by atoms with Crippen molar-refractivity contribution in [1.29, 1.82) is 5.26 Å². The summed E-state index contributed by atoms with van der Waals surface area (Å²) in [5.74, 6) is 0.107. The van der Waals surface area contributed by atoms with Crippen molar-refractivity contribution >= 4 is 22.4 Å². The van der Waals surface area contributed by atoms with E-state index in [1.165, 1.54) is 17.6 Å². The van der Waals surface area contributed by atoms with E-state index in [2.05, 4.69) is 20.3 Å². The number of halogens is 1.